The number of nitrogens with one attached hydrogen (secondary N) is 3. The Morgan fingerprint density at radius 2 is 2.00 bits per heavy atom. The molecule has 1 amide bonds. The zero-order valence-electron chi connectivity index (χ0n) is 15.3. The Bertz CT molecular complexity index is 543. The summed E-state index contributed by atoms with van der Waals surface area (Å²) in [6, 6.07) is 0.184. The van der Waals surface area contributed by atoms with Gasteiger partial charge in [-0.1, -0.05) is 0 Å². The number of rotatable bonds is 4. The SMILES string of the molecule is CNC1=CNN=C(C(=O)NC2CCC(N)(N3CCN(C)CC3)CC2)C1. The van der Waals surface area contributed by atoms with E-state index < -0.39 is 0 Å². The number of carbonyl (C=O) groups is 1. The minimum Gasteiger partial charge on any atom is -0.390 e. The van der Waals surface area contributed by atoms with Crippen LogP contribution in [-0.4, -0.2) is 73.4 Å². The lowest BCUT2D eigenvalue weighted by Gasteiger charge is -2.48. The van der Waals surface area contributed by atoms with Gasteiger partial charge in [-0.25, -0.2) is 0 Å². The number of nitrogens with zero attached hydrogens (tertiary/aromatic N) is 3. The maximum atomic E-state index is 12.4. The molecule has 0 unspecified atom stereocenters. The number of amides is 1. The molecule has 0 bridgehead atoms. The first-order valence-corrected chi connectivity index (χ1v) is 9.22. The summed E-state index contributed by atoms with van der Waals surface area (Å²) in [7, 11) is 4.00. The second kappa shape index (κ2) is 7.72. The quantitative estimate of drug-likeness (QED) is 0.539. The molecule has 1 aliphatic carbocycles. The molecule has 0 radical (unpaired) electrons. The molecule has 8 heteroatoms. The second-order valence-corrected chi connectivity index (χ2v) is 7.43. The fourth-order valence-electron chi connectivity index (χ4n) is 3.85. The fraction of sp³-hybridized carbons (Fsp3) is 0.765. The van der Waals surface area contributed by atoms with Crippen molar-refractivity contribution in [2.45, 2.75) is 43.8 Å². The molecule has 3 rings (SSSR count). The number of piperazine rings is 1. The molecule has 8 nitrogen and oxygen atoms in total. The standard InChI is InChI=1S/C17H31N7O/c1-19-14-11-15(22-20-12-14)16(25)21-13-3-5-17(18,6-4-13)24-9-7-23(2)8-10-24/h12-13,19-20H,3-11,18H2,1-2H3,(H,21,25). The zero-order chi connectivity index (χ0) is 17.9. The topological polar surface area (TPSA) is 98.0 Å². The summed E-state index contributed by atoms with van der Waals surface area (Å²) >= 11 is 0. The van der Waals surface area contributed by atoms with Gasteiger partial charge in [0.1, 0.15) is 5.71 Å². The van der Waals surface area contributed by atoms with E-state index in [2.05, 4.69) is 38.0 Å². The summed E-state index contributed by atoms with van der Waals surface area (Å²) in [5, 5.41) is 10.3. The van der Waals surface area contributed by atoms with Crippen molar-refractivity contribution >= 4 is 11.6 Å². The highest BCUT2D eigenvalue weighted by Gasteiger charge is 2.38. The average molecular weight is 349 g/mol. The predicted molar refractivity (Wildman–Crippen MR) is 98.7 cm³/mol. The van der Waals surface area contributed by atoms with Crippen molar-refractivity contribution in [3.05, 3.63) is 11.9 Å². The maximum absolute atomic E-state index is 12.4. The van der Waals surface area contributed by atoms with Crippen molar-refractivity contribution in [3.8, 4) is 0 Å². The second-order valence-electron chi connectivity index (χ2n) is 7.43. The normalized spacial score (nSPS) is 31.6. The fourth-order valence-corrected chi connectivity index (χ4v) is 3.85. The van der Waals surface area contributed by atoms with Crippen LogP contribution < -0.4 is 21.8 Å². The Morgan fingerprint density at radius 1 is 1.32 bits per heavy atom. The van der Waals surface area contributed by atoms with E-state index in [9.17, 15) is 4.79 Å². The number of carbonyl (C=O) groups excluding carboxylic acids is 1. The van der Waals surface area contributed by atoms with Crippen LogP contribution in [0.4, 0.5) is 0 Å². The van der Waals surface area contributed by atoms with Crippen LogP contribution in [0.1, 0.15) is 32.1 Å². The summed E-state index contributed by atoms with van der Waals surface area (Å²) in [5.41, 5.74) is 10.8. The van der Waals surface area contributed by atoms with E-state index in [1.165, 1.54) is 0 Å². The molecular weight excluding hydrogens is 318 g/mol. The number of hydrazone groups is 1. The van der Waals surface area contributed by atoms with Crippen LogP contribution in [0.15, 0.2) is 17.0 Å². The van der Waals surface area contributed by atoms with Gasteiger partial charge in [-0.15, -0.1) is 0 Å². The smallest absolute Gasteiger partial charge is 0.268 e. The first kappa shape index (κ1) is 18.2. The van der Waals surface area contributed by atoms with E-state index in [-0.39, 0.29) is 17.6 Å². The maximum Gasteiger partial charge on any atom is 0.268 e. The van der Waals surface area contributed by atoms with E-state index in [0.717, 1.165) is 57.6 Å². The Balaban J connectivity index is 1.47. The summed E-state index contributed by atoms with van der Waals surface area (Å²) in [4.78, 5) is 17.2. The van der Waals surface area contributed by atoms with Crippen molar-refractivity contribution in [3.63, 3.8) is 0 Å². The summed E-state index contributed by atoms with van der Waals surface area (Å²) in [5.74, 6) is -0.0810. The van der Waals surface area contributed by atoms with Crippen molar-refractivity contribution in [1.82, 2.24) is 25.9 Å². The Hall–Kier alpha value is -1.64. The number of hydrogen-bond donors (Lipinski definition) is 4. The first-order chi connectivity index (χ1) is 12.0. The molecule has 0 aromatic rings. The number of nitrogens with two attached hydrogens (primary N) is 1. The highest BCUT2D eigenvalue weighted by molar-refractivity contribution is 6.39. The molecule has 0 aromatic heterocycles. The van der Waals surface area contributed by atoms with Gasteiger partial charge in [0.25, 0.3) is 5.91 Å². The van der Waals surface area contributed by atoms with Crippen LogP contribution in [0.2, 0.25) is 0 Å². The first-order valence-electron chi connectivity index (χ1n) is 9.22. The Morgan fingerprint density at radius 3 is 2.64 bits per heavy atom. The van der Waals surface area contributed by atoms with Gasteiger partial charge in [0.15, 0.2) is 0 Å². The highest BCUT2D eigenvalue weighted by Crippen LogP contribution is 2.30. The lowest BCUT2D eigenvalue weighted by Crippen LogP contribution is -2.63. The van der Waals surface area contributed by atoms with Crippen LogP contribution in [0, 0.1) is 0 Å². The molecule has 3 aliphatic rings. The third-order valence-electron chi connectivity index (χ3n) is 5.70. The molecular formula is C17H31N7O. The van der Waals surface area contributed by atoms with Crippen LogP contribution in [0.25, 0.3) is 0 Å². The van der Waals surface area contributed by atoms with Gasteiger partial charge >= 0.3 is 0 Å². The molecule has 1 saturated heterocycles. The van der Waals surface area contributed by atoms with Gasteiger partial charge < -0.3 is 21.3 Å². The van der Waals surface area contributed by atoms with Crippen LogP contribution >= 0.6 is 0 Å². The number of hydrogen-bond acceptors (Lipinski definition) is 7. The van der Waals surface area contributed by atoms with Gasteiger partial charge in [-0.3, -0.25) is 15.1 Å². The Kier molecular flexibility index (Phi) is 5.61. The molecule has 0 atom stereocenters. The van der Waals surface area contributed by atoms with E-state index >= 15 is 0 Å². The van der Waals surface area contributed by atoms with Gasteiger partial charge in [0.05, 0.1) is 5.66 Å². The third kappa shape index (κ3) is 4.31. The Labute approximate surface area is 149 Å². The van der Waals surface area contributed by atoms with Crippen LogP contribution in [-0.2, 0) is 4.79 Å². The van der Waals surface area contributed by atoms with E-state index in [0.29, 0.717) is 12.1 Å². The van der Waals surface area contributed by atoms with Crippen molar-refractivity contribution in [2.24, 2.45) is 10.8 Å². The molecule has 5 N–H and O–H groups in total. The highest BCUT2D eigenvalue weighted by atomic mass is 16.2. The monoisotopic (exact) mass is 349 g/mol. The molecule has 0 spiro atoms. The van der Waals surface area contributed by atoms with Crippen LogP contribution in [0.5, 0.6) is 0 Å². The molecule has 2 heterocycles. The molecule has 0 aromatic carbocycles. The zero-order valence-corrected chi connectivity index (χ0v) is 15.3. The lowest BCUT2D eigenvalue weighted by atomic mass is 9.84. The van der Waals surface area contributed by atoms with Gasteiger partial charge in [-0.05, 0) is 32.7 Å². The predicted octanol–water partition coefficient (Wildman–Crippen LogP) is -0.642. The summed E-state index contributed by atoms with van der Waals surface area (Å²) in [6.45, 7) is 4.22. The van der Waals surface area contributed by atoms with Crippen molar-refractivity contribution < 1.29 is 4.79 Å². The molecule has 25 heavy (non-hydrogen) atoms. The molecule has 2 fully saturated rings. The summed E-state index contributed by atoms with van der Waals surface area (Å²) in [6.07, 6.45) is 6.00. The van der Waals surface area contributed by atoms with Gasteiger partial charge in [-0.2, -0.15) is 5.10 Å². The average Bonchev–Trinajstić information content (AvgIpc) is 2.64. The van der Waals surface area contributed by atoms with E-state index in [1.807, 2.05) is 7.05 Å². The lowest BCUT2D eigenvalue weighted by molar-refractivity contribution is -0.116. The minimum atomic E-state index is -0.214. The van der Waals surface area contributed by atoms with Gasteiger partial charge in [0.2, 0.25) is 0 Å². The van der Waals surface area contributed by atoms with Gasteiger partial charge in [0, 0.05) is 57.6 Å². The van der Waals surface area contributed by atoms with Crippen molar-refractivity contribution in [1.29, 1.82) is 0 Å². The number of allylic oxidation sites excluding steroid dienone is 1. The minimum absolute atomic E-state index is 0.0810. The van der Waals surface area contributed by atoms with E-state index in [4.69, 9.17) is 5.73 Å². The largest absolute Gasteiger partial charge is 0.390 e. The molecule has 140 valence electrons. The molecule has 1 saturated carbocycles. The third-order valence-corrected chi connectivity index (χ3v) is 5.70. The summed E-state index contributed by atoms with van der Waals surface area (Å²) < 4.78 is 0. The van der Waals surface area contributed by atoms with E-state index in [1.54, 1.807) is 6.20 Å². The number of likely N-dealkylation sites (N-methyl/N-ethyl adjacent to an activating group) is 1. The van der Waals surface area contributed by atoms with Crippen LogP contribution in [0.3, 0.4) is 0 Å². The van der Waals surface area contributed by atoms with Crippen molar-refractivity contribution in [2.75, 3.05) is 40.3 Å². The molecule has 2 aliphatic heterocycles.